The van der Waals surface area contributed by atoms with E-state index >= 15 is 0 Å². The van der Waals surface area contributed by atoms with E-state index in [1.165, 1.54) is 6.26 Å². The van der Waals surface area contributed by atoms with Crippen molar-refractivity contribution in [3.05, 3.63) is 16.8 Å². The first-order valence-electron chi connectivity index (χ1n) is 4.38. The predicted octanol–water partition coefficient (Wildman–Crippen LogP) is -0.0401. The minimum absolute atomic E-state index is 0.432. The molecule has 0 amide bonds. The number of hydrogen-bond donors (Lipinski definition) is 1. The molecule has 0 radical (unpaired) electrons. The minimum atomic E-state index is -0.487. The number of H-pyrrole nitrogens is 1. The maximum absolute atomic E-state index is 10.6. The zero-order chi connectivity index (χ0) is 9.80. The lowest BCUT2D eigenvalue weighted by Crippen LogP contribution is -2.35. The molecule has 14 heavy (non-hydrogen) atoms. The van der Waals surface area contributed by atoms with Gasteiger partial charge in [0.25, 0.3) is 0 Å². The number of rotatable bonds is 2. The molecular formula is C8H11N3O3. The van der Waals surface area contributed by atoms with Gasteiger partial charge in [-0.15, -0.1) is 0 Å². The monoisotopic (exact) mass is 197 g/mol. The molecule has 0 spiro atoms. The van der Waals surface area contributed by atoms with Gasteiger partial charge in [0.15, 0.2) is 5.82 Å². The molecule has 0 unspecified atom stereocenters. The number of hydrogen-bond acceptors (Lipinski definition) is 4. The molecule has 76 valence electrons. The Morgan fingerprint density at radius 3 is 2.93 bits per heavy atom. The van der Waals surface area contributed by atoms with Crippen LogP contribution in [0.2, 0.25) is 0 Å². The van der Waals surface area contributed by atoms with Gasteiger partial charge >= 0.3 is 5.76 Å². The lowest BCUT2D eigenvalue weighted by molar-refractivity contribution is 0.0701. The van der Waals surface area contributed by atoms with Crippen LogP contribution in [0.25, 0.3) is 0 Å². The first-order chi connectivity index (χ1) is 6.84. The van der Waals surface area contributed by atoms with E-state index in [1.807, 2.05) is 4.90 Å². The molecular weight excluding hydrogens is 186 g/mol. The first kappa shape index (κ1) is 9.01. The molecule has 6 heteroatoms. The summed E-state index contributed by atoms with van der Waals surface area (Å²) in [6.07, 6.45) is 2.97. The molecule has 0 aliphatic carbocycles. The van der Waals surface area contributed by atoms with Gasteiger partial charge in [0.05, 0.1) is 19.6 Å². The fourth-order valence-corrected chi connectivity index (χ4v) is 1.17. The van der Waals surface area contributed by atoms with Crippen molar-refractivity contribution in [3.8, 4) is 0 Å². The fraction of sp³-hybridized carbons (Fsp3) is 0.500. The van der Waals surface area contributed by atoms with Crippen LogP contribution in [0.3, 0.4) is 0 Å². The van der Waals surface area contributed by atoms with Crippen molar-refractivity contribution in [2.75, 3.05) is 26.3 Å². The topological polar surface area (TPSA) is 70.8 Å². The van der Waals surface area contributed by atoms with E-state index in [1.54, 1.807) is 6.34 Å². The second-order valence-electron chi connectivity index (χ2n) is 2.93. The number of aliphatic imine (C=N–C) groups is 1. The predicted molar refractivity (Wildman–Crippen MR) is 49.9 cm³/mol. The van der Waals surface area contributed by atoms with Gasteiger partial charge in [-0.3, -0.25) is 4.98 Å². The SMILES string of the molecule is O=c1[nH]c(N=CN2CCOCC2)co1. The summed E-state index contributed by atoms with van der Waals surface area (Å²) in [7, 11) is 0. The van der Waals surface area contributed by atoms with Crippen LogP contribution in [-0.4, -0.2) is 42.5 Å². The highest BCUT2D eigenvalue weighted by Gasteiger charge is 2.05. The van der Waals surface area contributed by atoms with Gasteiger partial charge in [0.2, 0.25) is 0 Å². The van der Waals surface area contributed by atoms with Crippen LogP contribution in [0.15, 0.2) is 20.5 Å². The van der Waals surface area contributed by atoms with E-state index in [0.717, 1.165) is 13.1 Å². The smallest absolute Gasteiger partial charge is 0.414 e. The van der Waals surface area contributed by atoms with Crippen LogP contribution in [0.5, 0.6) is 0 Å². The Bertz CT molecular complexity index is 362. The van der Waals surface area contributed by atoms with E-state index in [-0.39, 0.29) is 0 Å². The highest BCUT2D eigenvalue weighted by molar-refractivity contribution is 5.59. The molecule has 2 rings (SSSR count). The summed E-state index contributed by atoms with van der Waals surface area (Å²) in [4.78, 5) is 19.1. The van der Waals surface area contributed by atoms with E-state index < -0.39 is 5.76 Å². The van der Waals surface area contributed by atoms with Crippen molar-refractivity contribution in [2.24, 2.45) is 4.99 Å². The Morgan fingerprint density at radius 1 is 1.50 bits per heavy atom. The first-order valence-corrected chi connectivity index (χ1v) is 4.38. The third-order valence-electron chi connectivity index (χ3n) is 1.91. The largest absolute Gasteiger partial charge is 0.417 e. The number of nitrogens with one attached hydrogen (secondary N) is 1. The Kier molecular flexibility index (Phi) is 2.64. The number of nitrogens with zero attached hydrogens (tertiary/aromatic N) is 2. The van der Waals surface area contributed by atoms with Crippen molar-refractivity contribution >= 4 is 12.2 Å². The van der Waals surface area contributed by atoms with Crippen molar-refractivity contribution in [3.63, 3.8) is 0 Å². The molecule has 0 bridgehead atoms. The summed E-state index contributed by atoms with van der Waals surface area (Å²) >= 11 is 0. The molecule has 1 aliphatic rings. The number of aromatic amines is 1. The molecule has 1 aliphatic heterocycles. The average molecular weight is 197 g/mol. The van der Waals surface area contributed by atoms with Gasteiger partial charge < -0.3 is 14.1 Å². The number of aromatic nitrogens is 1. The lowest BCUT2D eigenvalue weighted by atomic mass is 10.5. The van der Waals surface area contributed by atoms with Crippen molar-refractivity contribution in [2.45, 2.75) is 0 Å². The summed E-state index contributed by atoms with van der Waals surface area (Å²) in [6, 6.07) is 0. The Morgan fingerprint density at radius 2 is 2.29 bits per heavy atom. The van der Waals surface area contributed by atoms with Crippen LogP contribution in [0.4, 0.5) is 5.82 Å². The Hall–Kier alpha value is -1.56. The Balaban J connectivity index is 1.95. The Labute approximate surface area is 80.2 Å². The van der Waals surface area contributed by atoms with Crippen LogP contribution < -0.4 is 5.76 Å². The third-order valence-corrected chi connectivity index (χ3v) is 1.91. The maximum atomic E-state index is 10.6. The van der Waals surface area contributed by atoms with Gasteiger partial charge in [-0.1, -0.05) is 0 Å². The zero-order valence-corrected chi connectivity index (χ0v) is 7.60. The number of morpholine rings is 1. The van der Waals surface area contributed by atoms with Crippen molar-refractivity contribution in [1.82, 2.24) is 9.88 Å². The zero-order valence-electron chi connectivity index (χ0n) is 7.60. The van der Waals surface area contributed by atoms with Gasteiger partial charge in [0.1, 0.15) is 6.26 Å². The molecule has 1 saturated heterocycles. The fourth-order valence-electron chi connectivity index (χ4n) is 1.17. The molecule has 6 nitrogen and oxygen atoms in total. The highest BCUT2D eigenvalue weighted by atomic mass is 16.5. The second kappa shape index (κ2) is 4.10. The normalized spacial score (nSPS) is 17.9. The molecule has 0 aromatic carbocycles. The van der Waals surface area contributed by atoms with Crippen LogP contribution in [0.1, 0.15) is 0 Å². The second-order valence-corrected chi connectivity index (χ2v) is 2.93. The summed E-state index contributed by atoms with van der Waals surface area (Å²) in [6.45, 7) is 3.08. The molecule has 1 fully saturated rings. The van der Waals surface area contributed by atoms with E-state index in [0.29, 0.717) is 19.0 Å². The molecule has 2 heterocycles. The van der Waals surface area contributed by atoms with E-state index in [4.69, 9.17) is 4.74 Å². The quantitative estimate of drug-likeness (QED) is 0.533. The number of oxazole rings is 1. The van der Waals surface area contributed by atoms with Gasteiger partial charge in [0, 0.05) is 13.1 Å². The maximum Gasteiger partial charge on any atom is 0.417 e. The molecule has 1 aromatic rings. The van der Waals surface area contributed by atoms with Crippen LogP contribution >= 0.6 is 0 Å². The standard InChI is InChI=1S/C8H11N3O3/c12-8-10-7(5-14-8)9-6-11-1-3-13-4-2-11/h5-6H,1-4H2,(H,10,12). The summed E-state index contributed by atoms with van der Waals surface area (Å²) in [5.41, 5.74) is 0. The number of ether oxygens (including phenoxy) is 1. The van der Waals surface area contributed by atoms with E-state index in [9.17, 15) is 4.79 Å². The molecule has 1 aromatic heterocycles. The molecule has 1 N–H and O–H groups in total. The summed E-state index contributed by atoms with van der Waals surface area (Å²) in [5.74, 6) is -0.0550. The third kappa shape index (κ3) is 2.23. The van der Waals surface area contributed by atoms with Crippen molar-refractivity contribution < 1.29 is 9.15 Å². The highest BCUT2D eigenvalue weighted by Crippen LogP contribution is 2.02. The summed E-state index contributed by atoms with van der Waals surface area (Å²) < 4.78 is 9.71. The molecule has 0 saturated carbocycles. The van der Waals surface area contributed by atoms with Gasteiger partial charge in [-0.25, -0.2) is 9.79 Å². The van der Waals surface area contributed by atoms with Crippen LogP contribution in [0, 0.1) is 0 Å². The average Bonchev–Trinajstić information content (AvgIpc) is 2.63. The van der Waals surface area contributed by atoms with Gasteiger partial charge in [-0.2, -0.15) is 0 Å². The minimum Gasteiger partial charge on any atom is -0.414 e. The lowest BCUT2D eigenvalue weighted by Gasteiger charge is -2.23. The van der Waals surface area contributed by atoms with Crippen LogP contribution in [-0.2, 0) is 4.74 Å². The summed E-state index contributed by atoms with van der Waals surface area (Å²) in [5, 5.41) is 0. The van der Waals surface area contributed by atoms with Gasteiger partial charge in [-0.05, 0) is 0 Å². The van der Waals surface area contributed by atoms with E-state index in [2.05, 4.69) is 14.4 Å². The molecule has 0 atom stereocenters. The van der Waals surface area contributed by atoms with Crippen molar-refractivity contribution in [1.29, 1.82) is 0 Å².